The fourth-order valence-corrected chi connectivity index (χ4v) is 1.45. The monoisotopic (exact) mass is 248 g/mol. The number of rotatable bonds is 2. The second-order valence-electron chi connectivity index (χ2n) is 2.86. The SMILES string of the molecule is BrCC=Cc1ccc2nccnc2c1. The molecule has 70 valence electrons. The van der Waals surface area contributed by atoms with E-state index in [1.165, 1.54) is 0 Å². The minimum Gasteiger partial charge on any atom is -0.253 e. The van der Waals surface area contributed by atoms with Crippen LogP contribution in [0.4, 0.5) is 0 Å². The van der Waals surface area contributed by atoms with E-state index in [9.17, 15) is 0 Å². The van der Waals surface area contributed by atoms with Crippen LogP contribution < -0.4 is 0 Å². The fourth-order valence-electron chi connectivity index (χ4n) is 1.26. The average Bonchev–Trinajstić information content (AvgIpc) is 2.26. The molecule has 2 aromatic rings. The van der Waals surface area contributed by atoms with Crippen LogP contribution in [0.25, 0.3) is 17.1 Å². The van der Waals surface area contributed by atoms with Crippen molar-refractivity contribution in [1.29, 1.82) is 0 Å². The Labute approximate surface area is 90.8 Å². The number of benzene rings is 1. The lowest BCUT2D eigenvalue weighted by atomic mass is 10.2. The van der Waals surface area contributed by atoms with Crippen LogP contribution in [-0.2, 0) is 0 Å². The third-order valence-corrected chi connectivity index (χ3v) is 2.27. The van der Waals surface area contributed by atoms with Gasteiger partial charge in [0.2, 0.25) is 0 Å². The Kier molecular flexibility index (Phi) is 2.89. The molecule has 0 unspecified atom stereocenters. The maximum atomic E-state index is 4.24. The van der Waals surface area contributed by atoms with Gasteiger partial charge < -0.3 is 0 Å². The molecule has 1 heterocycles. The van der Waals surface area contributed by atoms with Gasteiger partial charge in [0.25, 0.3) is 0 Å². The maximum absolute atomic E-state index is 4.24. The Bertz CT molecular complexity index is 466. The molecule has 0 amide bonds. The highest BCUT2D eigenvalue weighted by atomic mass is 79.9. The summed E-state index contributed by atoms with van der Waals surface area (Å²) in [7, 11) is 0. The molecular weight excluding hydrogens is 240 g/mol. The number of nitrogens with zero attached hydrogens (tertiary/aromatic N) is 2. The molecule has 1 aromatic carbocycles. The Balaban J connectivity index is 2.46. The summed E-state index contributed by atoms with van der Waals surface area (Å²) < 4.78 is 0. The third kappa shape index (κ3) is 1.99. The van der Waals surface area contributed by atoms with Gasteiger partial charge in [-0.3, -0.25) is 9.97 Å². The normalized spacial score (nSPS) is 11.2. The lowest BCUT2D eigenvalue weighted by Crippen LogP contribution is -1.82. The van der Waals surface area contributed by atoms with E-state index >= 15 is 0 Å². The van der Waals surface area contributed by atoms with Crippen molar-refractivity contribution in [1.82, 2.24) is 9.97 Å². The summed E-state index contributed by atoms with van der Waals surface area (Å²) in [4.78, 5) is 8.45. The van der Waals surface area contributed by atoms with Crippen molar-refractivity contribution in [2.45, 2.75) is 0 Å². The molecule has 0 fully saturated rings. The second kappa shape index (κ2) is 4.33. The van der Waals surface area contributed by atoms with Crippen LogP contribution in [0.5, 0.6) is 0 Å². The molecule has 2 nitrogen and oxygen atoms in total. The van der Waals surface area contributed by atoms with E-state index in [-0.39, 0.29) is 0 Å². The van der Waals surface area contributed by atoms with Gasteiger partial charge >= 0.3 is 0 Å². The Morgan fingerprint density at radius 3 is 2.71 bits per heavy atom. The Morgan fingerprint density at radius 2 is 1.93 bits per heavy atom. The molecule has 1 aromatic heterocycles. The number of hydrogen-bond donors (Lipinski definition) is 0. The van der Waals surface area contributed by atoms with Gasteiger partial charge in [0.15, 0.2) is 0 Å². The first kappa shape index (κ1) is 9.34. The molecule has 2 rings (SSSR count). The van der Waals surface area contributed by atoms with E-state index < -0.39 is 0 Å². The largest absolute Gasteiger partial charge is 0.253 e. The van der Waals surface area contributed by atoms with Gasteiger partial charge in [-0.25, -0.2) is 0 Å². The summed E-state index contributed by atoms with van der Waals surface area (Å²) in [5.74, 6) is 0. The molecule has 0 saturated heterocycles. The zero-order valence-corrected chi connectivity index (χ0v) is 9.11. The smallest absolute Gasteiger partial charge is 0.0892 e. The molecule has 0 bridgehead atoms. The van der Waals surface area contributed by atoms with E-state index in [0.717, 1.165) is 21.9 Å². The molecule has 0 aliphatic heterocycles. The molecule has 0 radical (unpaired) electrons. The van der Waals surface area contributed by atoms with Crippen LogP contribution >= 0.6 is 15.9 Å². The van der Waals surface area contributed by atoms with Gasteiger partial charge in [-0.2, -0.15) is 0 Å². The molecule has 3 heteroatoms. The lowest BCUT2D eigenvalue weighted by molar-refractivity contribution is 1.29. The third-order valence-electron chi connectivity index (χ3n) is 1.89. The first-order chi connectivity index (χ1) is 6.90. The number of allylic oxidation sites excluding steroid dienone is 1. The van der Waals surface area contributed by atoms with Gasteiger partial charge in [0.1, 0.15) is 0 Å². The van der Waals surface area contributed by atoms with Crippen LogP contribution in [0.1, 0.15) is 5.56 Å². The van der Waals surface area contributed by atoms with Crippen molar-refractivity contribution in [3.63, 3.8) is 0 Å². The first-order valence-electron chi connectivity index (χ1n) is 4.33. The van der Waals surface area contributed by atoms with Crippen molar-refractivity contribution in [3.8, 4) is 0 Å². The van der Waals surface area contributed by atoms with Gasteiger partial charge in [0, 0.05) is 17.7 Å². The van der Waals surface area contributed by atoms with Crippen LogP contribution in [0.15, 0.2) is 36.7 Å². The van der Waals surface area contributed by atoms with Crippen molar-refractivity contribution in [3.05, 3.63) is 42.2 Å². The quantitative estimate of drug-likeness (QED) is 0.764. The summed E-state index contributed by atoms with van der Waals surface area (Å²) >= 11 is 3.34. The van der Waals surface area contributed by atoms with Crippen LogP contribution in [0, 0.1) is 0 Å². The molecule has 0 saturated carbocycles. The van der Waals surface area contributed by atoms with E-state index in [1.54, 1.807) is 12.4 Å². The lowest BCUT2D eigenvalue weighted by Gasteiger charge is -1.96. The van der Waals surface area contributed by atoms with E-state index in [1.807, 2.05) is 18.2 Å². The number of aromatic nitrogens is 2. The van der Waals surface area contributed by atoms with Crippen molar-refractivity contribution >= 4 is 33.0 Å². The molecule has 14 heavy (non-hydrogen) atoms. The molecule has 0 aliphatic carbocycles. The van der Waals surface area contributed by atoms with Crippen LogP contribution in [-0.4, -0.2) is 15.3 Å². The van der Waals surface area contributed by atoms with Gasteiger partial charge in [-0.05, 0) is 17.7 Å². The second-order valence-corrected chi connectivity index (χ2v) is 3.51. The standard InChI is InChI=1S/C11H9BrN2/c12-5-1-2-9-3-4-10-11(8-9)14-7-6-13-10/h1-4,6-8H,5H2. The number of fused-ring (bicyclic) bond motifs is 1. The highest BCUT2D eigenvalue weighted by Gasteiger charge is 1.94. The van der Waals surface area contributed by atoms with Crippen LogP contribution in [0.2, 0.25) is 0 Å². The van der Waals surface area contributed by atoms with Gasteiger partial charge in [0.05, 0.1) is 11.0 Å². The predicted octanol–water partition coefficient (Wildman–Crippen LogP) is 3.04. The molecule has 0 N–H and O–H groups in total. The Morgan fingerprint density at radius 1 is 1.14 bits per heavy atom. The molecule has 0 atom stereocenters. The highest BCUT2D eigenvalue weighted by Crippen LogP contribution is 2.11. The minimum absolute atomic E-state index is 0.867. The minimum atomic E-state index is 0.867. The zero-order chi connectivity index (χ0) is 9.80. The van der Waals surface area contributed by atoms with Crippen molar-refractivity contribution in [2.24, 2.45) is 0 Å². The average molecular weight is 249 g/mol. The molecule has 0 spiro atoms. The fraction of sp³-hybridized carbons (Fsp3) is 0.0909. The highest BCUT2D eigenvalue weighted by molar-refractivity contribution is 9.09. The number of hydrogen-bond acceptors (Lipinski definition) is 2. The van der Waals surface area contributed by atoms with E-state index in [0.29, 0.717) is 0 Å². The first-order valence-corrected chi connectivity index (χ1v) is 5.45. The number of halogens is 1. The topological polar surface area (TPSA) is 25.8 Å². The Hall–Kier alpha value is -1.22. The molecular formula is C11H9BrN2. The molecule has 0 aliphatic rings. The number of alkyl halides is 1. The maximum Gasteiger partial charge on any atom is 0.0892 e. The summed E-state index contributed by atoms with van der Waals surface area (Å²) in [6, 6.07) is 6.05. The summed E-state index contributed by atoms with van der Waals surface area (Å²) in [5, 5.41) is 0.867. The summed E-state index contributed by atoms with van der Waals surface area (Å²) in [5.41, 5.74) is 3.02. The van der Waals surface area contributed by atoms with Crippen LogP contribution in [0.3, 0.4) is 0 Å². The summed E-state index contributed by atoms with van der Waals surface area (Å²) in [6.45, 7) is 0. The zero-order valence-electron chi connectivity index (χ0n) is 7.52. The van der Waals surface area contributed by atoms with E-state index in [2.05, 4.69) is 38.0 Å². The predicted molar refractivity (Wildman–Crippen MR) is 62.4 cm³/mol. The van der Waals surface area contributed by atoms with Gasteiger partial charge in [-0.15, -0.1) is 0 Å². The van der Waals surface area contributed by atoms with Crippen molar-refractivity contribution in [2.75, 3.05) is 5.33 Å². The van der Waals surface area contributed by atoms with E-state index in [4.69, 9.17) is 0 Å². The van der Waals surface area contributed by atoms with Gasteiger partial charge in [-0.1, -0.05) is 34.1 Å². The summed E-state index contributed by atoms with van der Waals surface area (Å²) in [6.07, 6.45) is 7.52. The van der Waals surface area contributed by atoms with Crippen molar-refractivity contribution < 1.29 is 0 Å².